The van der Waals surface area contributed by atoms with Crippen LogP contribution in [-0.2, 0) is 9.59 Å². The number of carbonyl (C=O) groups is 4. The molecule has 0 N–H and O–H groups in total. The highest BCUT2D eigenvalue weighted by Gasteiger charge is 2.39. The van der Waals surface area contributed by atoms with Crippen LogP contribution in [0.2, 0.25) is 0 Å². The molecule has 2 heterocycles. The summed E-state index contributed by atoms with van der Waals surface area (Å²) < 4.78 is 10.5. The lowest BCUT2D eigenvalue weighted by molar-refractivity contribution is -0.125. The summed E-state index contributed by atoms with van der Waals surface area (Å²) in [5.74, 6) is 0.166. The van der Waals surface area contributed by atoms with Crippen molar-refractivity contribution in [2.45, 2.75) is 0 Å². The number of benzene rings is 2. The van der Waals surface area contributed by atoms with Gasteiger partial charge in [-0.3, -0.25) is 29.0 Å². The van der Waals surface area contributed by atoms with Crippen LogP contribution in [0.5, 0.6) is 11.5 Å². The van der Waals surface area contributed by atoms with Gasteiger partial charge in [-0.2, -0.15) is 0 Å². The summed E-state index contributed by atoms with van der Waals surface area (Å²) in [5, 5.41) is -0.895. The first-order valence-corrected chi connectivity index (χ1v) is 11.8. The van der Waals surface area contributed by atoms with Crippen molar-refractivity contribution in [3.63, 3.8) is 0 Å². The Balaban J connectivity index is 1.45. The Morgan fingerprint density at radius 2 is 1.35 bits per heavy atom. The Morgan fingerprint density at radius 3 is 1.91 bits per heavy atom. The van der Waals surface area contributed by atoms with E-state index in [1.165, 1.54) is 14.2 Å². The molecular formula is C24H20N2O6S2. The molecule has 0 radical (unpaired) electrons. The van der Waals surface area contributed by atoms with Gasteiger partial charge in [-0.25, -0.2) is 0 Å². The summed E-state index contributed by atoms with van der Waals surface area (Å²) in [5.41, 5.74) is 1.42. The van der Waals surface area contributed by atoms with E-state index in [1.807, 2.05) is 30.3 Å². The van der Waals surface area contributed by atoms with Crippen molar-refractivity contribution < 1.29 is 28.7 Å². The summed E-state index contributed by atoms with van der Waals surface area (Å²) in [6, 6.07) is 14.3. The van der Waals surface area contributed by atoms with E-state index in [4.69, 9.17) is 9.47 Å². The monoisotopic (exact) mass is 496 g/mol. The van der Waals surface area contributed by atoms with E-state index < -0.39 is 22.3 Å². The van der Waals surface area contributed by atoms with Gasteiger partial charge in [-0.1, -0.05) is 30.3 Å². The predicted molar refractivity (Wildman–Crippen MR) is 131 cm³/mol. The zero-order chi connectivity index (χ0) is 24.2. The maximum absolute atomic E-state index is 12.9. The number of hydrogen-bond donors (Lipinski definition) is 0. The van der Waals surface area contributed by atoms with Gasteiger partial charge in [0.15, 0.2) is 0 Å². The molecule has 0 atom stereocenters. The number of carbonyl (C=O) groups excluding carboxylic acids is 4. The van der Waals surface area contributed by atoms with E-state index in [0.717, 1.165) is 38.9 Å². The van der Waals surface area contributed by atoms with Crippen molar-refractivity contribution >= 4 is 58.0 Å². The molecule has 4 amide bonds. The van der Waals surface area contributed by atoms with Crippen LogP contribution in [0.3, 0.4) is 0 Å². The number of ether oxygens (including phenoxy) is 2. The fraction of sp³-hybridized carbons (Fsp3) is 0.167. The molecule has 2 fully saturated rings. The molecule has 2 aromatic rings. The maximum Gasteiger partial charge on any atom is 0.293 e. The maximum atomic E-state index is 12.9. The van der Waals surface area contributed by atoms with Crippen molar-refractivity contribution in [2.75, 3.05) is 27.3 Å². The first kappa shape index (κ1) is 23.7. The summed E-state index contributed by atoms with van der Waals surface area (Å²) in [6.07, 6.45) is 3.22. The Kier molecular flexibility index (Phi) is 7.09. The second-order valence-corrected chi connectivity index (χ2v) is 9.17. The molecule has 0 saturated carbocycles. The SMILES string of the molecule is COc1ccc(/C=C2\SC(=O)N(CCN3C(=O)S/C(=C\c4ccccc4)C3=O)C2=O)c(OC)c1. The lowest BCUT2D eigenvalue weighted by Gasteiger charge is -2.17. The van der Waals surface area contributed by atoms with Crippen molar-refractivity contribution in [3.05, 3.63) is 69.5 Å². The number of methoxy groups -OCH3 is 2. The molecule has 2 aliphatic rings. The van der Waals surface area contributed by atoms with Crippen molar-refractivity contribution in [3.8, 4) is 11.5 Å². The van der Waals surface area contributed by atoms with Gasteiger partial charge in [0.1, 0.15) is 11.5 Å². The highest BCUT2D eigenvalue weighted by atomic mass is 32.2. The number of thioether (sulfide) groups is 2. The zero-order valence-corrected chi connectivity index (χ0v) is 20.0. The van der Waals surface area contributed by atoms with Crippen molar-refractivity contribution in [1.82, 2.24) is 9.80 Å². The number of imide groups is 2. The summed E-state index contributed by atoms with van der Waals surface area (Å²) in [7, 11) is 3.04. The minimum Gasteiger partial charge on any atom is -0.497 e. The molecule has 2 aromatic carbocycles. The topological polar surface area (TPSA) is 93.2 Å². The molecule has 2 aliphatic heterocycles. The molecular weight excluding hydrogens is 476 g/mol. The first-order valence-electron chi connectivity index (χ1n) is 10.2. The van der Waals surface area contributed by atoms with E-state index in [1.54, 1.807) is 30.4 Å². The van der Waals surface area contributed by atoms with Gasteiger partial charge in [0, 0.05) is 24.7 Å². The molecule has 8 nitrogen and oxygen atoms in total. The Morgan fingerprint density at radius 1 is 0.765 bits per heavy atom. The quantitative estimate of drug-likeness (QED) is 0.518. The standard InChI is InChI=1S/C24H20N2O6S2/c1-31-17-9-8-16(18(14-17)32-2)13-20-22(28)26(24(30)34-20)11-10-25-21(27)19(33-23(25)29)12-15-6-4-3-5-7-15/h3-9,12-14H,10-11H2,1-2H3/b19-12-,20-13-. The van der Waals surface area contributed by atoms with Crippen LogP contribution < -0.4 is 9.47 Å². The van der Waals surface area contributed by atoms with E-state index in [9.17, 15) is 19.2 Å². The summed E-state index contributed by atoms with van der Waals surface area (Å²) >= 11 is 1.64. The molecule has 0 bridgehead atoms. The van der Waals surface area contributed by atoms with Crippen LogP contribution in [-0.4, -0.2) is 59.4 Å². The highest BCUT2D eigenvalue weighted by molar-refractivity contribution is 8.18. The lowest BCUT2D eigenvalue weighted by atomic mass is 10.1. The highest BCUT2D eigenvalue weighted by Crippen LogP contribution is 2.36. The Bertz CT molecular complexity index is 1230. The molecule has 174 valence electrons. The molecule has 0 aromatic heterocycles. The minimum atomic E-state index is -0.486. The van der Waals surface area contributed by atoms with Gasteiger partial charge in [0.25, 0.3) is 22.3 Å². The summed E-state index contributed by atoms with van der Waals surface area (Å²) in [6.45, 7) is -0.160. The molecule has 4 rings (SSSR count). The van der Waals surface area contributed by atoms with Crippen LogP contribution in [0, 0.1) is 0 Å². The van der Waals surface area contributed by atoms with Crippen LogP contribution >= 0.6 is 23.5 Å². The third kappa shape index (κ3) is 4.87. The van der Waals surface area contributed by atoms with Crippen molar-refractivity contribution in [1.29, 1.82) is 0 Å². The third-order valence-electron chi connectivity index (χ3n) is 5.12. The largest absolute Gasteiger partial charge is 0.497 e. The van der Waals surface area contributed by atoms with Gasteiger partial charge in [0.05, 0.1) is 24.0 Å². The Labute approximate surface area is 204 Å². The van der Waals surface area contributed by atoms with E-state index in [2.05, 4.69) is 0 Å². The molecule has 10 heteroatoms. The van der Waals surface area contributed by atoms with Gasteiger partial charge in [-0.05, 0) is 53.4 Å². The fourth-order valence-corrected chi connectivity index (χ4v) is 5.09. The smallest absolute Gasteiger partial charge is 0.293 e. The molecule has 0 aliphatic carbocycles. The third-order valence-corrected chi connectivity index (χ3v) is 6.93. The minimum absolute atomic E-state index is 0.0754. The van der Waals surface area contributed by atoms with Gasteiger partial charge < -0.3 is 9.47 Å². The fourth-order valence-electron chi connectivity index (χ4n) is 3.37. The lowest BCUT2D eigenvalue weighted by Crippen LogP contribution is -2.39. The second kappa shape index (κ2) is 10.2. The zero-order valence-electron chi connectivity index (χ0n) is 18.3. The average molecular weight is 497 g/mol. The van der Waals surface area contributed by atoms with Gasteiger partial charge >= 0.3 is 0 Å². The van der Waals surface area contributed by atoms with Crippen molar-refractivity contribution in [2.24, 2.45) is 0 Å². The van der Waals surface area contributed by atoms with E-state index in [0.29, 0.717) is 22.0 Å². The van der Waals surface area contributed by atoms with Crippen LogP contribution in [0.25, 0.3) is 12.2 Å². The molecule has 0 unspecified atom stereocenters. The van der Waals surface area contributed by atoms with Crippen LogP contribution in [0.1, 0.15) is 11.1 Å². The van der Waals surface area contributed by atoms with Gasteiger partial charge in [0.2, 0.25) is 0 Å². The van der Waals surface area contributed by atoms with E-state index >= 15 is 0 Å². The normalized spacial score (nSPS) is 18.5. The average Bonchev–Trinajstić information content (AvgIpc) is 3.26. The number of nitrogens with zero attached hydrogens (tertiary/aromatic N) is 2. The molecule has 2 saturated heterocycles. The predicted octanol–water partition coefficient (Wildman–Crippen LogP) is 4.48. The first-order chi connectivity index (χ1) is 16.4. The van der Waals surface area contributed by atoms with Crippen LogP contribution in [0.4, 0.5) is 9.59 Å². The Hall–Kier alpha value is -3.50. The summed E-state index contributed by atoms with van der Waals surface area (Å²) in [4.78, 5) is 53.1. The molecule has 0 spiro atoms. The van der Waals surface area contributed by atoms with Gasteiger partial charge in [-0.15, -0.1) is 0 Å². The number of hydrogen-bond acceptors (Lipinski definition) is 8. The second-order valence-electron chi connectivity index (χ2n) is 7.19. The van der Waals surface area contributed by atoms with E-state index in [-0.39, 0.29) is 18.0 Å². The number of amides is 4. The van der Waals surface area contributed by atoms with Crippen LogP contribution in [0.15, 0.2) is 58.3 Å². The molecule has 34 heavy (non-hydrogen) atoms. The number of rotatable bonds is 7.